The highest BCUT2D eigenvalue weighted by Gasteiger charge is 2.18. The molecular formula is C14H21N3O3. The molecule has 0 spiro atoms. The molecule has 0 saturated carbocycles. The number of nitro benzene ring substituents is 1. The van der Waals surface area contributed by atoms with Crippen molar-refractivity contribution < 1.29 is 9.66 Å². The van der Waals surface area contributed by atoms with Gasteiger partial charge >= 0.3 is 0 Å². The molecule has 1 heterocycles. The standard InChI is InChI=1S/C14H21N3O3/c1-16-4-3-11(10-16)8-15-9-12-5-13(17(18)19)7-14(6-12)20-2/h5-7,11,15H,3-4,8-10H2,1-2H3. The molecule has 6 nitrogen and oxygen atoms in total. The third kappa shape index (κ3) is 3.91. The summed E-state index contributed by atoms with van der Waals surface area (Å²) in [5, 5.41) is 14.2. The third-order valence-electron chi connectivity index (χ3n) is 3.65. The zero-order chi connectivity index (χ0) is 14.5. The average molecular weight is 279 g/mol. The minimum absolute atomic E-state index is 0.0711. The number of hydrogen-bond donors (Lipinski definition) is 1. The van der Waals surface area contributed by atoms with Gasteiger partial charge in [0.25, 0.3) is 5.69 Å². The van der Waals surface area contributed by atoms with Crippen molar-refractivity contribution in [3.63, 3.8) is 0 Å². The van der Waals surface area contributed by atoms with Crippen LogP contribution in [0.25, 0.3) is 0 Å². The molecular weight excluding hydrogens is 258 g/mol. The highest BCUT2D eigenvalue weighted by Crippen LogP contribution is 2.22. The largest absolute Gasteiger partial charge is 0.496 e. The summed E-state index contributed by atoms with van der Waals surface area (Å²) in [7, 11) is 3.65. The van der Waals surface area contributed by atoms with Crippen molar-refractivity contribution in [2.45, 2.75) is 13.0 Å². The molecule has 1 fully saturated rings. The fraction of sp³-hybridized carbons (Fsp3) is 0.571. The minimum Gasteiger partial charge on any atom is -0.496 e. The summed E-state index contributed by atoms with van der Waals surface area (Å²) in [5.41, 5.74) is 0.948. The summed E-state index contributed by atoms with van der Waals surface area (Å²) in [4.78, 5) is 12.8. The molecule has 1 aliphatic heterocycles. The Balaban J connectivity index is 1.91. The SMILES string of the molecule is COc1cc(CNCC2CCN(C)C2)cc([N+](=O)[O-])c1. The molecule has 1 N–H and O–H groups in total. The number of hydrogen-bond acceptors (Lipinski definition) is 5. The van der Waals surface area contributed by atoms with Gasteiger partial charge in [-0.05, 0) is 44.1 Å². The molecule has 2 rings (SSSR count). The zero-order valence-electron chi connectivity index (χ0n) is 12.0. The van der Waals surface area contributed by atoms with Crippen molar-refractivity contribution in [3.05, 3.63) is 33.9 Å². The summed E-state index contributed by atoms with van der Waals surface area (Å²) in [6, 6.07) is 4.87. The number of rotatable bonds is 6. The predicted octanol–water partition coefficient (Wildman–Crippen LogP) is 1.64. The van der Waals surface area contributed by atoms with Crippen LogP contribution in [0.4, 0.5) is 5.69 Å². The maximum Gasteiger partial charge on any atom is 0.273 e. The molecule has 0 aliphatic carbocycles. The maximum absolute atomic E-state index is 10.9. The van der Waals surface area contributed by atoms with Crippen LogP contribution in [0.1, 0.15) is 12.0 Å². The van der Waals surface area contributed by atoms with Gasteiger partial charge in [-0.2, -0.15) is 0 Å². The van der Waals surface area contributed by atoms with E-state index in [9.17, 15) is 10.1 Å². The number of ether oxygens (including phenoxy) is 1. The molecule has 1 saturated heterocycles. The Labute approximate surface area is 118 Å². The van der Waals surface area contributed by atoms with Gasteiger partial charge in [-0.1, -0.05) is 0 Å². The summed E-state index contributed by atoms with van der Waals surface area (Å²) in [6.45, 7) is 3.83. The Kier molecular flexibility index (Phi) is 4.92. The molecule has 1 unspecified atom stereocenters. The summed E-state index contributed by atoms with van der Waals surface area (Å²) in [5.74, 6) is 1.19. The van der Waals surface area contributed by atoms with Crippen LogP contribution in [-0.2, 0) is 6.54 Å². The highest BCUT2D eigenvalue weighted by atomic mass is 16.6. The van der Waals surface area contributed by atoms with E-state index in [1.54, 1.807) is 6.07 Å². The van der Waals surface area contributed by atoms with Crippen LogP contribution in [0.5, 0.6) is 5.75 Å². The fourth-order valence-electron chi connectivity index (χ4n) is 2.58. The second-order valence-corrected chi connectivity index (χ2v) is 5.34. The molecule has 0 radical (unpaired) electrons. The normalized spacial score (nSPS) is 19.2. The second kappa shape index (κ2) is 6.67. The van der Waals surface area contributed by atoms with Gasteiger partial charge in [-0.25, -0.2) is 0 Å². The topological polar surface area (TPSA) is 67.6 Å². The van der Waals surface area contributed by atoms with Gasteiger partial charge in [0, 0.05) is 19.2 Å². The van der Waals surface area contributed by atoms with E-state index in [-0.39, 0.29) is 5.69 Å². The molecule has 20 heavy (non-hydrogen) atoms. The predicted molar refractivity (Wildman–Crippen MR) is 77.0 cm³/mol. The quantitative estimate of drug-likeness (QED) is 0.633. The Morgan fingerprint density at radius 1 is 1.50 bits per heavy atom. The lowest BCUT2D eigenvalue weighted by atomic mass is 10.1. The third-order valence-corrected chi connectivity index (χ3v) is 3.65. The summed E-state index contributed by atoms with van der Waals surface area (Å²) in [6.07, 6.45) is 1.21. The van der Waals surface area contributed by atoms with Crippen molar-refractivity contribution in [3.8, 4) is 5.75 Å². The van der Waals surface area contributed by atoms with Crippen molar-refractivity contribution in [1.29, 1.82) is 0 Å². The molecule has 1 atom stereocenters. The molecule has 1 aromatic rings. The van der Waals surface area contributed by atoms with Gasteiger partial charge < -0.3 is 15.0 Å². The van der Waals surface area contributed by atoms with Crippen molar-refractivity contribution in [2.24, 2.45) is 5.92 Å². The number of benzene rings is 1. The van der Waals surface area contributed by atoms with Crippen molar-refractivity contribution >= 4 is 5.69 Å². The number of non-ortho nitro benzene ring substituents is 1. The first-order chi connectivity index (χ1) is 9.58. The molecule has 0 bridgehead atoms. The van der Waals surface area contributed by atoms with Gasteiger partial charge in [0.2, 0.25) is 0 Å². The Hall–Kier alpha value is -1.66. The Morgan fingerprint density at radius 3 is 2.90 bits per heavy atom. The van der Waals surface area contributed by atoms with E-state index in [1.165, 1.54) is 19.6 Å². The van der Waals surface area contributed by atoms with Crippen LogP contribution in [-0.4, -0.2) is 43.6 Å². The van der Waals surface area contributed by atoms with E-state index < -0.39 is 4.92 Å². The first-order valence-corrected chi connectivity index (χ1v) is 6.80. The van der Waals surface area contributed by atoms with Crippen LogP contribution in [0, 0.1) is 16.0 Å². The van der Waals surface area contributed by atoms with Gasteiger partial charge in [-0.15, -0.1) is 0 Å². The van der Waals surface area contributed by atoms with Gasteiger partial charge in [0.05, 0.1) is 18.1 Å². The molecule has 1 aromatic carbocycles. The van der Waals surface area contributed by atoms with Gasteiger partial charge in [0.15, 0.2) is 0 Å². The van der Waals surface area contributed by atoms with Gasteiger partial charge in [0.1, 0.15) is 5.75 Å². The monoisotopic (exact) mass is 279 g/mol. The van der Waals surface area contributed by atoms with E-state index in [0.29, 0.717) is 18.2 Å². The van der Waals surface area contributed by atoms with Crippen LogP contribution in [0.2, 0.25) is 0 Å². The van der Waals surface area contributed by atoms with E-state index >= 15 is 0 Å². The summed E-state index contributed by atoms with van der Waals surface area (Å²) >= 11 is 0. The van der Waals surface area contributed by atoms with Crippen molar-refractivity contribution in [1.82, 2.24) is 10.2 Å². The number of likely N-dealkylation sites (tertiary alicyclic amines) is 1. The second-order valence-electron chi connectivity index (χ2n) is 5.34. The smallest absolute Gasteiger partial charge is 0.273 e. The lowest BCUT2D eigenvalue weighted by molar-refractivity contribution is -0.385. The lowest BCUT2D eigenvalue weighted by Gasteiger charge is -2.12. The van der Waals surface area contributed by atoms with E-state index in [1.807, 2.05) is 6.07 Å². The van der Waals surface area contributed by atoms with Crippen LogP contribution >= 0.6 is 0 Å². The number of nitrogens with one attached hydrogen (secondary N) is 1. The first kappa shape index (κ1) is 14.7. The van der Waals surface area contributed by atoms with Crippen LogP contribution in [0.3, 0.4) is 0 Å². The minimum atomic E-state index is -0.391. The lowest BCUT2D eigenvalue weighted by Crippen LogP contribution is -2.24. The summed E-state index contributed by atoms with van der Waals surface area (Å²) < 4.78 is 5.10. The van der Waals surface area contributed by atoms with Crippen molar-refractivity contribution in [2.75, 3.05) is 33.8 Å². The average Bonchev–Trinajstić information content (AvgIpc) is 2.84. The van der Waals surface area contributed by atoms with E-state index in [4.69, 9.17) is 4.74 Å². The molecule has 6 heteroatoms. The van der Waals surface area contributed by atoms with Crippen LogP contribution in [0.15, 0.2) is 18.2 Å². The van der Waals surface area contributed by atoms with E-state index in [0.717, 1.165) is 25.2 Å². The highest BCUT2D eigenvalue weighted by molar-refractivity contribution is 5.42. The first-order valence-electron chi connectivity index (χ1n) is 6.80. The zero-order valence-corrected chi connectivity index (χ0v) is 12.0. The Bertz CT molecular complexity index is 479. The molecule has 0 aromatic heterocycles. The van der Waals surface area contributed by atoms with Gasteiger partial charge in [-0.3, -0.25) is 10.1 Å². The van der Waals surface area contributed by atoms with E-state index in [2.05, 4.69) is 17.3 Å². The maximum atomic E-state index is 10.9. The van der Waals surface area contributed by atoms with Crippen LogP contribution < -0.4 is 10.1 Å². The molecule has 0 amide bonds. The Morgan fingerprint density at radius 2 is 2.30 bits per heavy atom. The number of nitro groups is 1. The molecule has 1 aliphatic rings. The number of nitrogens with zero attached hydrogens (tertiary/aromatic N) is 2. The molecule has 110 valence electrons. The fourth-order valence-corrected chi connectivity index (χ4v) is 2.58. The number of methoxy groups -OCH3 is 1.